The summed E-state index contributed by atoms with van der Waals surface area (Å²) in [6.07, 6.45) is 1.45. The molecule has 0 aliphatic heterocycles. The Labute approximate surface area is 103 Å². The second kappa shape index (κ2) is 4.84. The SMILES string of the molecule is O=C(Nc1ccc(Cl)cn1)c1ccc(O)cc1. The number of hydrogen-bond donors (Lipinski definition) is 2. The molecule has 0 fully saturated rings. The molecule has 0 aliphatic carbocycles. The van der Waals surface area contributed by atoms with E-state index in [2.05, 4.69) is 10.3 Å². The summed E-state index contributed by atoms with van der Waals surface area (Å²) in [5.41, 5.74) is 0.444. The van der Waals surface area contributed by atoms with Crippen LogP contribution >= 0.6 is 11.6 Å². The molecule has 1 amide bonds. The lowest BCUT2D eigenvalue weighted by molar-refractivity contribution is 0.102. The highest BCUT2D eigenvalue weighted by Crippen LogP contribution is 2.13. The van der Waals surface area contributed by atoms with Crippen molar-refractivity contribution in [1.29, 1.82) is 0 Å². The van der Waals surface area contributed by atoms with Gasteiger partial charge >= 0.3 is 0 Å². The van der Waals surface area contributed by atoms with Crippen LogP contribution in [0.25, 0.3) is 0 Å². The fraction of sp³-hybridized carbons (Fsp3) is 0. The number of aromatic nitrogens is 1. The van der Waals surface area contributed by atoms with Crippen molar-refractivity contribution in [2.75, 3.05) is 5.32 Å². The number of amides is 1. The van der Waals surface area contributed by atoms with Gasteiger partial charge in [0.25, 0.3) is 5.91 Å². The molecule has 0 radical (unpaired) electrons. The molecule has 1 aromatic carbocycles. The van der Waals surface area contributed by atoms with Gasteiger partial charge in [-0.2, -0.15) is 0 Å². The average molecular weight is 249 g/mol. The Kier molecular flexibility index (Phi) is 3.25. The summed E-state index contributed by atoms with van der Waals surface area (Å²) in [6, 6.07) is 9.21. The molecular formula is C12H9ClN2O2. The van der Waals surface area contributed by atoms with Gasteiger partial charge in [-0.25, -0.2) is 4.98 Å². The molecule has 1 aromatic heterocycles. The number of nitrogens with one attached hydrogen (secondary N) is 1. The van der Waals surface area contributed by atoms with Gasteiger partial charge in [-0.1, -0.05) is 11.6 Å². The minimum absolute atomic E-state index is 0.117. The molecule has 86 valence electrons. The number of pyridine rings is 1. The first kappa shape index (κ1) is 11.4. The molecular weight excluding hydrogens is 240 g/mol. The Bertz CT molecular complexity index is 523. The van der Waals surface area contributed by atoms with E-state index in [0.717, 1.165) is 0 Å². The molecule has 0 saturated heterocycles. The zero-order valence-electron chi connectivity index (χ0n) is 8.72. The minimum atomic E-state index is -0.292. The summed E-state index contributed by atoms with van der Waals surface area (Å²) in [6.45, 7) is 0. The molecule has 5 heteroatoms. The number of phenolic OH excluding ortho intramolecular Hbond substituents is 1. The summed E-state index contributed by atoms with van der Waals surface area (Å²) in [5, 5.41) is 12.2. The van der Waals surface area contributed by atoms with E-state index < -0.39 is 0 Å². The lowest BCUT2D eigenvalue weighted by Crippen LogP contribution is -2.12. The van der Waals surface area contributed by atoms with Crippen LogP contribution in [-0.2, 0) is 0 Å². The number of halogens is 1. The summed E-state index contributed by atoms with van der Waals surface area (Å²) in [7, 11) is 0. The summed E-state index contributed by atoms with van der Waals surface area (Å²) < 4.78 is 0. The Hall–Kier alpha value is -2.07. The van der Waals surface area contributed by atoms with Gasteiger partial charge < -0.3 is 10.4 Å². The smallest absolute Gasteiger partial charge is 0.256 e. The van der Waals surface area contributed by atoms with Crippen molar-refractivity contribution >= 4 is 23.3 Å². The molecule has 2 aromatic rings. The molecule has 0 saturated carbocycles. The minimum Gasteiger partial charge on any atom is -0.508 e. The Balaban J connectivity index is 2.11. The third kappa shape index (κ3) is 2.95. The van der Waals surface area contributed by atoms with Gasteiger partial charge in [0.15, 0.2) is 0 Å². The number of phenols is 1. The summed E-state index contributed by atoms with van der Waals surface area (Å²) >= 11 is 5.68. The predicted octanol–water partition coefficient (Wildman–Crippen LogP) is 2.69. The molecule has 4 nitrogen and oxygen atoms in total. The zero-order valence-corrected chi connectivity index (χ0v) is 9.48. The van der Waals surface area contributed by atoms with Gasteiger partial charge in [-0.3, -0.25) is 4.79 Å². The molecule has 0 spiro atoms. The van der Waals surface area contributed by atoms with E-state index in [1.165, 1.54) is 30.5 Å². The number of carbonyl (C=O) groups is 1. The largest absolute Gasteiger partial charge is 0.508 e. The van der Waals surface area contributed by atoms with Crippen molar-refractivity contribution in [2.24, 2.45) is 0 Å². The predicted molar refractivity (Wildman–Crippen MR) is 65.3 cm³/mol. The third-order valence-corrected chi connectivity index (χ3v) is 2.32. The van der Waals surface area contributed by atoms with Crippen molar-refractivity contribution in [3.63, 3.8) is 0 Å². The highest BCUT2D eigenvalue weighted by molar-refractivity contribution is 6.30. The van der Waals surface area contributed by atoms with Crippen molar-refractivity contribution in [3.05, 3.63) is 53.2 Å². The van der Waals surface area contributed by atoms with Gasteiger partial charge in [0.05, 0.1) is 5.02 Å². The monoisotopic (exact) mass is 248 g/mol. The quantitative estimate of drug-likeness (QED) is 0.859. The first-order valence-electron chi connectivity index (χ1n) is 4.87. The molecule has 2 N–H and O–H groups in total. The van der Waals surface area contributed by atoms with Crippen molar-refractivity contribution < 1.29 is 9.90 Å². The highest BCUT2D eigenvalue weighted by Gasteiger charge is 2.06. The first-order valence-corrected chi connectivity index (χ1v) is 5.25. The van der Waals surface area contributed by atoms with Gasteiger partial charge in [-0.05, 0) is 36.4 Å². The van der Waals surface area contributed by atoms with Crippen molar-refractivity contribution in [2.45, 2.75) is 0 Å². The molecule has 2 rings (SSSR count). The van der Waals surface area contributed by atoms with E-state index in [1.807, 2.05) is 0 Å². The van der Waals surface area contributed by atoms with Crippen molar-refractivity contribution in [1.82, 2.24) is 4.98 Å². The van der Waals surface area contributed by atoms with Gasteiger partial charge in [0.1, 0.15) is 11.6 Å². The fourth-order valence-corrected chi connectivity index (χ4v) is 1.36. The van der Waals surface area contributed by atoms with Crippen LogP contribution in [0.4, 0.5) is 5.82 Å². The standard InChI is InChI=1S/C12H9ClN2O2/c13-9-3-6-11(14-7-9)15-12(17)8-1-4-10(16)5-2-8/h1-7,16H,(H,14,15,17). The van der Waals surface area contributed by atoms with Crippen LogP contribution in [-0.4, -0.2) is 16.0 Å². The molecule has 0 aliphatic rings. The molecule has 0 bridgehead atoms. The fourth-order valence-electron chi connectivity index (χ4n) is 1.25. The van der Waals surface area contributed by atoms with E-state index in [9.17, 15) is 4.79 Å². The lowest BCUT2D eigenvalue weighted by Gasteiger charge is -2.04. The zero-order chi connectivity index (χ0) is 12.3. The maximum absolute atomic E-state index is 11.7. The number of nitrogens with zero attached hydrogens (tertiary/aromatic N) is 1. The molecule has 0 unspecified atom stereocenters. The van der Waals surface area contributed by atoms with Crippen LogP contribution in [0.5, 0.6) is 5.75 Å². The van der Waals surface area contributed by atoms with Crippen LogP contribution in [0.2, 0.25) is 5.02 Å². The van der Waals surface area contributed by atoms with Gasteiger partial charge in [0, 0.05) is 11.8 Å². The Morgan fingerprint density at radius 1 is 1.18 bits per heavy atom. The van der Waals surface area contributed by atoms with Crippen LogP contribution in [0.1, 0.15) is 10.4 Å². The Morgan fingerprint density at radius 2 is 1.88 bits per heavy atom. The number of benzene rings is 1. The van der Waals surface area contributed by atoms with E-state index >= 15 is 0 Å². The van der Waals surface area contributed by atoms with Crippen LogP contribution in [0, 0.1) is 0 Å². The van der Waals surface area contributed by atoms with E-state index in [1.54, 1.807) is 12.1 Å². The highest BCUT2D eigenvalue weighted by atomic mass is 35.5. The number of anilines is 1. The van der Waals surface area contributed by atoms with Crippen LogP contribution in [0.3, 0.4) is 0 Å². The number of hydrogen-bond acceptors (Lipinski definition) is 3. The first-order chi connectivity index (χ1) is 8.15. The van der Waals surface area contributed by atoms with Crippen molar-refractivity contribution in [3.8, 4) is 5.75 Å². The maximum atomic E-state index is 11.7. The summed E-state index contributed by atoms with van der Waals surface area (Å²) in [4.78, 5) is 15.7. The second-order valence-corrected chi connectivity index (χ2v) is 3.80. The second-order valence-electron chi connectivity index (χ2n) is 3.36. The van der Waals surface area contributed by atoms with Crippen LogP contribution < -0.4 is 5.32 Å². The average Bonchev–Trinajstić information content (AvgIpc) is 2.33. The topological polar surface area (TPSA) is 62.2 Å². The Morgan fingerprint density at radius 3 is 2.47 bits per heavy atom. The molecule has 0 atom stereocenters. The van der Waals surface area contributed by atoms with E-state index in [-0.39, 0.29) is 11.7 Å². The number of carbonyl (C=O) groups excluding carboxylic acids is 1. The van der Waals surface area contributed by atoms with E-state index in [4.69, 9.17) is 16.7 Å². The lowest BCUT2D eigenvalue weighted by atomic mass is 10.2. The van der Waals surface area contributed by atoms with E-state index in [0.29, 0.717) is 16.4 Å². The molecule has 1 heterocycles. The number of aromatic hydroxyl groups is 1. The van der Waals surface area contributed by atoms with Crippen LogP contribution in [0.15, 0.2) is 42.6 Å². The van der Waals surface area contributed by atoms with Gasteiger partial charge in [-0.15, -0.1) is 0 Å². The van der Waals surface area contributed by atoms with Gasteiger partial charge in [0.2, 0.25) is 0 Å². The number of rotatable bonds is 2. The molecule has 17 heavy (non-hydrogen) atoms. The summed E-state index contributed by atoms with van der Waals surface area (Å²) in [5.74, 6) is 0.249. The normalized spacial score (nSPS) is 9.94. The maximum Gasteiger partial charge on any atom is 0.256 e. The third-order valence-electron chi connectivity index (χ3n) is 2.10.